The van der Waals surface area contributed by atoms with Crippen molar-refractivity contribution in [1.82, 2.24) is 10.6 Å². The molecule has 122 valence electrons. The van der Waals surface area contributed by atoms with Gasteiger partial charge in [-0.15, -0.1) is 0 Å². The molecule has 0 fully saturated rings. The molecule has 4 nitrogen and oxygen atoms in total. The van der Waals surface area contributed by atoms with Crippen LogP contribution in [-0.2, 0) is 17.8 Å². The van der Waals surface area contributed by atoms with Gasteiger partial charge < -0.3 is 10.6 Å². The fourth-order valence-electron chi connectivity index (χ4n) is 2.13. The number of carbonyl (C=O) groups excluding carboxylic acids is 1. The number of halogens is 1. The van der Waals surface area contributed by atoms with Crippen LogP contribution in [0.25, 0.3) is 0 Å². The number of benzene rings is 2. The molecule has 0 heterocycles. The van der Waals surface area contributed by atoms with Crippen molar-refractivity contribution in [2.75, 3.05) is 6.54 Å². The van der Waals surface area contributed by atoms with Crippen LogP contribution < -0.4 is 10.6 Å². The summed E-state index contributed by atoms with van der Waals surface area (Å²) in [5.74, 6) is -0.382. The number of nitrogens with zero attached hydrogens (tertiary/aromatic N) is 1. The first-order valence-corrected chi connectivity index (χ1v) is 7.97. The molecule has 0 radical (unpaired) electrons. The van der Waals surface area contributed by atoms with Crippen molar-refractivity contribution in [2.45, 2.75) is 13.0 Å². The fourth-order valence-corrected chi connectivity index (χ4v) is 2.34. The first-order chi connectivity index (χ1) is 11.7. The molecule has 0 spiro atoms. The quantitative estimate of drug-likeness (QED) is 0.601. The molecule has 0 unspecified atom stereocenters. The number of carbonyl (C=O) groups is 1. The molecule has 0 aromatic heterocycles. The van der Waals surface area contributed by atoms with Gasteiger partial charge in [-0.3, -0.25) is 4.79 Å². The summed E-state index contributed by atoms with van der Waals surface area (Å²) in [6.45, 7) is 0.971. The van der Waals surface area contributed by atoms with Crippen LogP contribution in [0.3, 0.4) is 0 Å². The molecule has 2 N–H and O–H groups in total. The average molecular weight is 340 g/mol. The summed E-state index contributed by atoms with van der Waals surface area (Å²) in [5, 5.41) is 15.5. The lowest BCUT2D eigenvalue weighted by Gasteiger charge is -2.06. The van der Waals surface area contributed by atoms with E-state index in [1.54, 1.807) is 6.07 Å². The SMILES string of the molecule is N#C/C(=C/NCc1cccc(Cl)c1)C(=O)NCCc1ccccc1. The summed E-state index contributed by atoms with van der Waals surface area (Å²) in [7, 11) is 0. The minimum atomic E-state index is -0.382. The standard InChI is InChI=1S/C19H18ClN3O/c20-18-8-4-7-16(11-18)13-22-14-17(12-21)19(24)23-10-9-15-5-2-1-3-6-15/h1-8,11,14,22H,9-10,13H2,(H,23,24)/b17-14-. The number of rotatable bonds is 7. The van der Waals surface area contributed by atoms with Gasteiger partial charge in [-0.25, -0.2) is 0 Å². The largest absolute Gasteiger partial charge is 0.386 e. The van der Waals surface area contributed by atoms with E-state index in [4.69, 9.17) is 16.9 Å². The van der Waals surface area contributed by atoms with Gasteiger partial charge in [0.05, 0.1) is 0 Å². The number of amides is 1. The maximum absolute atomic E-state index is 12.0. The van der Waals surface area contributed by atoms with Gasteiger partial charge in [-0.1, -0.05) is 54.1 Å². The van der Waals surface area contributed by atoms with E-state index < -0.39 is 0 Å². The number of hydrogen-bond donors (Lipinski definition) is 2. The molecule has 0 aliphatic carbocycles. The molecule has 0 saturated carbocycles. The second-order valence-corrected chi connectivity index (χ2v) is 5.61. The summed E-state index contributed by atoms with van der Waals surface area (Å²) >= 11 is 5.91. The van der Waals surface area contributed by atoms with Gasteiger partial charge >= 0.3 is 0 Å². The van der Waals surface area contributed by atoms with Crippen LogP contribution in [0.1, 0.15) is 11.1 Å². The number of nitrogens with one attached hydrogen (secondary N) is 2. The summed E-state index contributed by atoms with van der Waals surface area (Å²) in [4.78, 5) is 12.0. The fraction of sp³-hybridized carbons (Fsp3) is 0.158. The molecular weight excluding hydrogens is 322 g/mol. The van der Waals surface area contributed by atoms with Crippen molar-refractivity contribution in [1.29, 1.82) is 5.26 Å². The van der Waals surface area contributed by atoms with E-state index in [0.717, 1.165) is 17.5 Å². The van der Waals surface area contributed by atoms with Crippen LogP contribution in [0.4, 0.5) is 0 Å². The van der Waals surface area contributed by atoms with E-state index in [1.165, 1.54) is 6.20 Å². The lowest BCUT2D eigenvalue weighted by Crippen LogP contribution is -2.27. The Morgan fingerprint density at radius 1 is 1.12 bits per heavy atom. The predicted octanol–water partition coefficient (Wildman–Crippen LogP) is 3.20. The molecule has 2 rings (SSSR count). The van der Waals surface area contributed by atoms with Gasteiger partial charge in [0.25, 0.3) is 5.91 Å². The second-order valence-electron chi connectivity index (χ2n) is 5.17. The Balaban J connectivity index is 1.81. The van der Waals surface area contributed by atoms with E-state index >= 15 is 0 Å². The Morgan fingerprint density at radius 3 is 2.58 bits per heavy atom. The van der Waals surface area contributed by atoms with Crippen LogP contribution >= 0.6 is 11.6 Å². The molecular formula is C19H18ClN3O. The van der Waals surface area contributed by atoms with Gasteiger partial charge in [0.2, 0.25) is 0 Å². The van der Waals surface area contributed by atoms with Gasteiger partial charge in [-0.05, 0) is 29.7 Å². The Kier molecular flexibility index (Phi) is 6.88. The lowest BCUT2D eigenvalue weighted by atomic mass is 10.1. The van der Waals surface area contributed by atoms with Crippen molar-refractivity contribution in [3.8, 4) is 6.07 Å². The van der Waals surface area contributed by atoms with E-state index in [1.807, 2.05) is 54.6 Å². The van der Waals surface area contributed by atoms with Crippen molar-refractivity contribution in [3.05, 3.63) is 82.5 Å². The van der Waals surface area contributed by atoms with Crippen molar-refractivity contribution >= 4 is 17.5 Å². The Bertz CT molecular complexity index is 751. The molecule has 24 heavy (non-hydrogen) atoms. The van der Waals surface area contributed by atoms with Crippen molar-refractivity contribution in [3.63, 3.8) is 0 Å². The Morgan fingerprint density at radius 2 is 1.88 bits per heavy atom. The van der Waals surface area contributed by atoms with Gasteiger partial charge in [0, 0.05) is 24.3 Å². The minimum absolute atomic E-state index is 0.0464. The molecule has 1 amide bonds. The number of hydrogen-bond acceptors (Lipinski definition) is 3. The summed E-state index contributed by atoms with van der Waals surface area (Å²) < 4.78 is 0. The lowest BCUT2D eigenvalue weighted by molar-refractivity contribution is -0.117. The molecule has 0 atom stereocenters. The normalized spacial score (nSPS) is 10.8. The van der Waals surface area contributed by atoms with Crippen LogP contribution in [0.15, 0.2) is 66.4 Å². The van der Waals surface area contributed by atoms with E-state index in [0.29, 0.717) is 18.1 Å². The van der Waals surface area contributed by atoms with Gasteiger partial charge in [-0.2, -0.15) is 5.26 Å². The number of nitriles is 1. The monoisotopic (exact) mass is 339 g/mol. The summed E-state index contributed by atoms with van der Waals surface area (Å²) in [6.07, 6.45) is 2.15. The zero-order chi connectivity index (χ0) is 17.2. The first-order valence-electron chi connectivity index (χ1n) is 7.59. The average Bonchev–Trinajstić information content (AvgIpc) is 2.59. The first kappa shape index (κ1) is 17.6. The predicted molar refractivity (Wildman–Crippen MR) is 95.1 cm³/mol. The third-order valence-electron chi connectivity index (χ3n) is 3.35. The highest BCUT2D eigenvalue weighted by atomic mass is 35.5. The highest BCUT2D eigenvalue weighted by Gasteiger charge is 2.07. The highest BCUT2D eigenvalue weighted by molar-refractivity contribution is 6.30. The van der Waals surface area contributed by atoms with E-state index in [9.17, 15) is 4.79 Å². The Hall–Kier alpha value is -2.77. The second kappa shape index (κ2) is 9.39. The van der Waals surface area contributed by atoms with Crippen LogP contribution in [0.2, 0.25) is 5.02 Å². The van der Waals surface area contributed by atoms with Crippen LogP contribution in [-0.4, -0.2) is 12.5 Å². The maximum Gasteiger partial charge on any atom is 0.263 e. The highest BCUT2D eigenvalue weighted by Crippen LogP contribution is 2.10. The van der Waals surface area contributed by atoms with Crippen molar-refractivity contribution < 1.29 is 4.79 Å². The van der Waals surface area contributed by atoms with Gasteiger partial charge in [0.15, 0.2) is 0 Å². The van der Waals surface area contributed by atoms with Gasteiger partial charge in [0.1, 0.15) is 11.6 Å². The van der Waals surface area contributed by atoms with Crippen LogP contribution in [0, 0.1) is 11.3 Å². The third-order valence-corrected chi connectivity index (χ3v) is 3.58. The summed E-state index contributed by atoms with van der Waals surface area (Å²) in [5.41, 5.74) is 2.16. The third kappa shape index (κ3) is 5.79. The molecule has 0 aliphatic heterocycles. The summed E-state index contributed by atoms with van der Waals surface area (Å²) in [6, 6.07) is 19.2. The smallest absolute Gasteiger partial charge is 0.263 e. The van der Waals surface area contributed by atoms with E-state index in [-0.39, 0.29) is 11.5 Å². The molecule has 2 aromatic carbocycles. The zero-order valence-electron chi connectivity index (χ0n) is 13.1. The Labute approximate surface area is 146 Å². The maximum atomic E-state index is 12.0. The minimum Gasteiger partial charge on any atom is -0.386 e. The molecule has 0 saturated heterocycles. The molecule has 5 heteroatoms. The molecule has 2 aromatic rings. The topological polar surface area (TPSA) is 64.9 Å². The zero-order valence-corrected chi connectivity index (χ0v) is 13.9. The van der Waals surface area contributed by atoms with Crippen LogP contribution in [0.5, 0.6) is 0 Å². The molecule has 0 aliphatic rings. The van der Waals surface area contributed by atoms with Crippen molar-refractivity contribution in [2.24, 2.45) is 0 Å². The van der Waals surface area contributed by atoms with E-state index in [2.05, 4.69) is 10.6 Å². The molecule has 0 bridgehead atoms.